The van der Waals surface area contributed by atoms with Crippen LogP contribution >= 0.6 is 0 Å². The van der Waals surface area contributed by atoms with E-state index >= 15 is 0 Å². The van der Waals surface area contributed by atoms with Crippen molar-refractivity contribution in [3.63, 3.8) is 0 Å². The van der Waals surface area contributed by atoms with E-state index in [0.717, 1.165) is 11.3 Å². The normalized spacial score (nSPS) is 14.2. The Bertz CT molecular complexity index is 326. The smallest absolute Gasteiger partial charge is 0.0895 e. The van der Waals surface area contributed by atoms with E-state index in [9.17, 15) is 0 Å². The molecule has 0 aliphatic carbocycles. The molecule has 0 bridgehead atoms. The van der Waals surface area contributed by atoms with Crippen molar-refractivity contribution >= 4 is 0 Å². The first-order valence-corrected chi connectivity index (χ1v) is 6.58. The molecule has 1 aromatic rings. The van der Waals surface area contributed by atoms with Gasteiger partial charge >= 0.3 is 0 Å². The zero-order chi connectivity index (χ0) is 14.8. The van der Waals surface area contributed by atoms with Gasteiger partial charge in [0.1, 0.15) is 0 Å². The van der Waals surface area contributed by atoms with Crippen LogP contribution in [0.3, 0.4) is 0 Å². The van der Waals surface area contributed by atoms with Gasteiger partial charge in [0.05, 0.1) is 31.1 Å². The minimum Gasteiger partial charge on any atom is -0.394 e. The van der Waals surface area contributed by atoms with E-state index in [0.29, 0.717) is 26.2 Å². The highest BCUT2D eigenvalue weighted by Gasteiger charge is 2.03. The van der Waals surface area contributed by atoms with Crippen molar-refractivity contribution in [1.29, 1.82) is 0 Å². The monoisotopic (exact) mass is 285 g/mol. The summed E-state index contributed by atoms with van der Waals surface area (Å²) in [5.74, 6) is 0. The van der Waals surface area contributed by atoms with E-state index in [1.54, 1.807) is 6.20 Å². The third-order valence-electron chi connectivity index (χ3n) is 2.70. The summed E-state index contributed by atoms with van der Waals surface area (Å²) in [6.07, 6.45) is 0.235. The Morgan fingerprint density at radius 2 is 1.55 bits per heavy atom. The fourth-order valence-corrected chi connectivity index (χ4v) is 1.54. The van der Waals surface area contributed by atoms with Crippen LogP contribution in [0.2, 0.25) is 0 Å². The van der Waals surface area contributed by atoms with Gasteiger partial charge in [0, 0.05) is 32.4 Å². The van der Waals surface area contributed by atoms with E-state index in [1.165, 1.54) is 0 Å². The van der Waals surface area contributed by atoms with Crippen LogP contribution in [0.25, 0.3) is 0 Å². The molecular formula is C13H23N3O4. The number of pyridine rings is 1. The van der Waals surface area contributed by atoms with Crippen LogP contribution in [0.15, 0.2) is 18.3 Å². The van der Waals surface area contributed by atoms with E-state index in [4.69, 9.17) is 20.4 Å². The van der Waals surface area contributed by atoms with E-state index < -0.39 is 12.2 Å². The summed E-state index contributed by atoms with van der Waals surface area (Å²) in [4.78, 5) is 4.26. The molecule has 1 aromatic heterocycles. The van der Waals surface area contributed by atoms with Crippen LogP contribution in [0.5, 0.6) is 0 Å². The van der Waals surface area contributed by atoms with Crippen molar-refractivity contribution in [3.05, 3.63) is 29.6 Å². The highest BCUT2D eigenvalue weighted by Crippen LogP contribution is 2.00. The Morgan fingerprint density at radius 3 is 2.05 bits per heavy atom. The number of aromatic nitrogens is 1. The van der Waals surface area contributed by atoms with E-state index in [2.05, 4.69) is 15.6 Å². The molecule has 1 rings (SSSR count). The number of nitrogens with zero attached hydrogens (tertiary/aromatic N) is 1. The minimum absolute atomic E-state index is 0.254. The molecule has 1 heterocycles. The van der Waals surface area contributed by atoms with Crippen LogP contribution in [0.1, 0.15) is 11.3 Å². The van der Waals surface area contributed by atoms with Gasteiger partial charge in [-0.2, -0.15) is 0 Å². The molecule has 7 heteroatoms. The zero-order valence-electron chi connectivity index (χ0n) is 11.4. The molecule has 0 fully saturated rings. The Hall–Kier alpha value is -1.09. The number of aliphatic hydroxyl groups excluding tert-OH is 4. The fraction of sp³-hybridized carbons (Fsp3) is 0.615. The van der Waals surface area contributed by atoms with Crippen molar-refractivity contribution in [3.8, 4) is 0 Å². The standard InChI is InChI=1S/C13H23N3O4/c17-8-12(19)6-14-3-10-1-2-11(16-4-10)5-15-7-13(20)9-18/h1-2,4,12-15,17-20H,3,5-9H2. The molecule has 114 valence electrons. The summed E-state index contributed by atoms with van der Waals surface area (Å²) < 4.78 is 0. The lowest BCUT2D eigenvalue weighted by molar-refractivity contribution is 0.0941. The van der Waals surface area contributed by atoms with Gasteiger partial charge in [-0.15, -0.1) is 0 Å². The van der Waals surface area contributed by atoms with Crippen molar-refractivity contribution in [2.75, 3.05) is 26.3 Å². The zero-order valence-corrected chi connectivity index (χ0v) is 11.4. The second-order valence-electron chi connectivity index (χ2n) is 4.59. The third-order valence-corrected chi connectivity index (χ3v) is 2.70. The first-order valence-electron chi connectivity index (χ1n) is 6.58. The molecule has 2 atom stereocenters. The maximum absolute atomic E-state index is 9.17. The first kappa shape index (κ1) is 17.0. The second kappa shape index (κ2) is 9.76. The van der Waals surface area contributed by atoms with Gasteiger partial charge < -0.3 is 31.1 Å². The third kappa shape index (κ3) is 6.90. The molecular weight excluding hydrogens is 262 g/mol. The Balaban J connectivity index is 2.26. The van der Waals surface area contributed by atoms with Crippen molar-refractivity contribution in [2.24, 2.45) is 0 Å². The molecule has 0 aliphatic rings. The number of nitrogens with one attached hydrogen (secondary N) is 2. The van der Waals surface area contributed by atoms with Gasteiger partial charge in [-0.3, -0.25) is 4.98 Å². The number of hydrogen-bond acceptors (Lipinski definition) is 7. The molecule has 0 saturated carbocycles. The molecule has 20 heavy (non-hydrogen) atoms. The van der Waals surface area contributed by atoms with Gasteiger partial charge in [0.15, 0.2) is 0 Å². The predicted octanol–water partition coefficient (Wildman–Crippen LogP) is -2.03. The SMILES string of the molecule is OCC(O)CNCc1ccc(CNCC(O)CO)nc1. The Kier molecular flexibility index (Phi) is 8.28. The predicted molar refractivity (Wildman–Crippen MR) is 73.8 cm³/mol. The van der Waals surface area contributed by atoms with Crippen LogP contribution < -0.4 is 10.6 Å². The molecule has 0 aromatic carbocycles. The maximum atomic E-state index is 9.17. The topological polar surface area (TPSA) is 118 Å². The van der Waals surface area contributed by atoms with Gasteiger partial charge in [-0.1, -0.05) is 6.07 Å². The van der Waals surface area contributed by atoms with Crippen LogP contribution in [-0.4, -0.2) is 63.9 Å². The quantitative estimate of drug-likeness (QED) is 0.293. The van der Waals surface area contributed by atoms with E-state index in [1.807, 2.05) is 12.1 Å². The summed E-state index contributed by atoms with van der Waals surface area (Å²) in [7, 11) is 0. The lowest BCUT2D eigenvalue weighted by Gasteiger charge is -2.10. The molecule has 0 amide bonds. The average molecular weight is 285 g/mol. The fourth-order valence-electron chi connectivity index (χ4n) is 1.54. The first-order chi connectivity index (χ1) is 9.65. The molecule has 6 N–H and O–H groups in total. The molecule has 2 unspecified atom stereocenters. The Morgan fingerprint density at radius 1 is 0.950 bits per heavy atom. The summed E-state index contributed by atoms with van der Waals surface area (Å²) in [5.41, 5.74) is 1.82. The van der Waals surface area contributed by atoms with Crippen LogP contribution in [0, 0.1) is 0 Å². The summed E-state index contributed by atoms with van der Waals surface area (Å²) in [5, 5.41) is 41.7. The average Bonchev–Trinajstić information content (AvgIpc) is 2.48. The van der Waals surface area contributed by atoms with Gasteiger partial charge in [-0.25, -0.2) is 0 Å². The summed E-state index contributed by atoms with van der Waals surface area (Å²) in [6, 6.07) is 3.79. The second-order valence-corrected chi connectivity index (χ2v) is 4.59. The van der Waals surface area contributed by atoms with Gasteiger partial charge in [-0.05, 0) is 11.6 Å². The molecule has 0 radical (unpaired) electrons. The summed E-state index contributed by atoms with van der Waals surface area (Å²) >= 11 is 0. The number of aliphatic hydroxyl groups is 4. The lowest BCUT2D eigenvalue weighted by Crippen LogP contribution is -2.29. The molecule has 0 spiro atoms. The van der Waals surface area contributed by atoms with E-state index in [-0.39, 0.29) is 13.2 Å². The molecule has 0 aliphatic heterocycles. The summed E-state index contributed by atoms with van der Waals surface area (Å²) in [6.45, 7) is 1.23. The van der Waals surface area contributed by atoms with Gasteiger partial charge in [0.2, 0.25) is 0 Å². The Labute approximate surface area is 118 Å². The number of hydrogen-bond donors (Lipinski definition) is 6. The minimum atomic E-state index is -0.753. The van der Waals surface area contributed by atoms with Crippen molar-refractivity contribution in [2.45, 2.75) is 25.3 Å². The number of rotatable bonds is 10. The maximum Gasteiger partial charge on any atom is 0.0895 e. The van der Waals surface area contributed by atoms with Gasteiger partial charge in [0.25, 0.3) is 0 Å². The lowest BCUT2D eigenvalue weighted by atomic mass is 10.2. The molecule has 0 saturated heterocycles. The van der Waals surface area contributed by atoms with Crippen LogP contribution in [0.4, 0.5) is 0 Å². The highest BCUT2D eigenvalue weighted by molar-refractivity contribution is 5.13. The highest BCUT2D eigenvalue weighted by atomic mass is 16.3. The van der Waals surface area contributed by atoms with Crippen LogP contribution in [-0.2, 0) is 13.1 Å². The molecule has 7 nitrogen and oxygen atoms in total. The van der Waals surface area contributed by atoms with Crippen molar-refractivity contribution < 1.29 is 20.4 Å². The largest absolute Gasteiger partial charge is 0.394 e. The van der Waals surface area contributed by atoms with Crippen molar-refractivity contribution in [1.82, 2.24) is 15.6 Å².